The van der Waals surface area contributed by atoms with Crippen molar-refractivity contribution in [2.75, 3.05) is 13.1 Å². The molecule has 3 heterocycles. The highest BCUT2D eigenvalue weighted by Crippen LogP contribution is 2.33. The van der Waals surface area contributed by atoms with Crippen LogP contribution in [0.5, 0.6) is 0 Å². The Balaban J connectivity index is 1.34. The maximum absolute atomic E-state index is 12.9. The number of aromatic amines is 1. The predicted molar refractivity (Wildman–Crippen MR) is 135 cm³/mol. The summed E-state index contributed by atoms with van der Waals surface area (Å²) in [5, 5.41) is 26.2. The standard InChI is InChI=1S/C27H23F3N8/c28-27(29,30)23-7-5-20(6-8-23)25-16-38(37-32-25)24-14-21(13-22(15-24)26-33-35-36-34-26)18-3-1-17(2-4-18)19-9-11-31-12-10-19/h1-8,13-16,19,31H,9-12H2,(H,33,34,35,36). The lowest BCUT2D eigenvalue weighted by Crippen LogP contribution is -2.26. The average molecular weight is 517 g/mol. The van der Waals surface area contributed by atoms with Gasteiger partial charge in [-0.15, -0.1) is 15.3 Å². The summed E-state index contributed by atoms with van der Waals surface area (Å²) in [4.78, 5) is 0. The minimum atomic E-state index is -4.39. The van der Waals surface area contributed by atoms with Crippen LogP contribution < -0.4 is 5.32 Å². The molecule has 0 amide bonds. The number of aromatic nitrogens is 7. The van der Waals surface area contributed by atoms with Crippen LogP contribution in [-0.2, 0) is 6.18 Å². The molecule has 0 aliphatic carbocycles. The number of halogens is 3. The smallest absolute Gasteiger partial charge is 0.317 e. The van der Waals surface area contributed by atoms with Gasteiger partial charge in [0.25, 0.3) is 0 Å². The molecule has 1 fully saturated rings. The molecule has 38 heavy (non-hydrogen) atoms. The number of nitrogens with one attached hydrogen (secondary N) is 2. The van der Waals surface area contributed by atoms with Gasteiger partial charge >= 0.3 is 6.18 Å². The molecule has 0 spiro atoms. The summed E-state index contributed by atoms with van der Waals surface area (Å²) >= 11 is 0. The predicted octanol–water partition coefficient (Wildman–Crippen LogP) is 5.27. The second-order valence-corrected chi connectivity index (χ2v) is 9.27. The summed E-state index contributed by atoms with van der Waals surface area (Å²) in [7, 11) is 0. The number of rotatable bonds is 5. The Morgan fingerprint density at radius 2 is 1.50 bits per heavy atom. The highest BCUT2D eigenvalue weighted by molar-refractivity contribution is 5.74. The van der Waals surface area contributed by atoms with Crippen LogP contribution in [0.2, 0.25) is 0 Å². The van der Waals surface area contributed by atoms with E-state index >= 15 is 0 Å². The monoisotopic (exact) mass is 516 g/mol. The molecule has 1 aliphatic rings. The van der Waals surface area contributed by atoms with Crippen LogP contribution in [0.15, 0.2) is 72.9 Å². The summed E-state index contributed by atoms with van der Waals surface area (Å²) in [5.74, 6) is 0.993. The number of H-pyrrole nitrogens is 1. The zero-order chi connectivity index (χ0) is 26.1. The Morgan fingerprint density at radius 1 is 0.789 bits per heavy atom. The van der Waals surface area contributed by atoms with E-state index in [0.717, 1.165) is 54.8 Å². The fraction of sp³-hybridized carbons (Fsp3) is 0.222. The quantitative estimate of drug-likeness (QED) is 0.331. The maximum Gasteiger partial charge on any atom is 0.416 e. The molecule has 2 N–H and O–H groups in total. The molecule has 5 aromatic rings. The van der Waals surface area contributed by atoms with Gasteiger partial charge in [0.2, 0.25) is 5.82 Å². The number of piperidine rings is 1. The first-order valence-electron chi connectivity index (χ1n) is 12.2. The van der Waals surface area contributed by atoms with E-state index < -0.39 is 11.7 Å². The van der Waals surface area contributed by atoms with E-state index in [9.17, 15) is 13.2 Å². The minimum absolute atomic E-state index is 0.433. The molecule has 0 atom stereocenters. The largest absolute Gasteiger partial charge is 0.416 e. The topological polar surface area (TPSA) is 97.2 Å². The Bertz CT molecular complexity index is 1520. The summed E-state index contributed by atoms with van der Waals surface area (Å²) in [5.41, 5.74) is 5.02. The van der Waals surface area contributed by atoms with E-state index in [-0.39, 0.29) is 0 Å². The number of tetrazole rings is 1. The fourth-order valence-corrected chi connectivity index (χ4v) is 4.78. The van der Waals surface area contributed by atoms with Gasteiger partial charge in [-0.2, -0.15) is 18.4 Å². The lowest BCUT2D eigenvalue weighted by molar-refractivity contribution is -0.137. The highest BCUT2D eigenvalue weighted by Gasteiger charge is 2.30. The first kappa shape index (κ1) is 24.0. The third-order valence-corrected chi connectivity index (χ3v) is 6.84. The van der Waals surface area contributed by atoms with Gasteiger partial charge in [-0.05, 0) is 84.1 Å². The normalized spacial score (nSPS) is 14.6. The van der Waals surface area contributed by atoms with Crippen LogP contribution in [0.25, 0.3) is 39.5 Å². The van der Waals surface area contributed by atoms with Crippen LogP contribution in [0.4, 0.5) is 13.2 Å². The lowest BCUT2D eigenvalue weighted by atomic mass is 9.89. The molecule has 8 nitrogen and oxygen atoms in total. The van der Waals surface area contributed by atoms with E-state index in [2.05, 4.69) is 60.5 Å². The van der Waals surface area contributed by atoms with Crippen molar-refractivity contribution in [3.63, 3.8) is 0 Å². The van der Waals surface area contributed by atoms with Gasteiger partial charge < -0.3 is 5.32 Å². The van der Waals surface area contributed by atoms with Gasteiger partial charge in [0, 0.05) is 11.1 Å². The van der Waals surface area contributed by atoms with Crippen LogP contribution in [0.1, 0.15) is 29.9 Å². The molecule has 6 rings (SSSR count). The number of nitrogens with zero attached hydrogens (tertiary/aromatic N) is 6. The molecule has 0 saturated carbocycles. The Morgan fingerprint density at radius 3 is 2.18 bits per heavy atom. The van der Waals surface area contributed by atoms with Gasteiger partial charge in [-0.25, -0.2) is 4.68 Å². The molecule has 2 aromatic heterocycles. The van der Waals surface area contributed by atoms with Crippen LogP contribution in [0.3, 0.4) is 0 Å². The van der Waals surface area contributed by atoms with Crippen molar-refractivity contribution in [3.8, 4) is 39.5 Å². The van der Waals surface area contributed by atoms with Gasteiger partial charge in [-0.3, -0.25) is 0 Å². The van der Waals surface area contributed by atoms with Crippen molar-refractivity contribution in [3.05, 3.63) is 84.1 Å². The third kappa shape index (κ3) is 4.92. The first-order valence-corrected chi connectivity index (χ1v) is 12.2. The zero-order valence-corrected chi connectivity index (χ0v) is 20.2. The average Bonchev–Trinajstić information content (AvgIpc) is 3.66. The van der Waals surface area contributed by atoms with Crippen molar-refractivity contribution in [1.82, 2.24) is 40.9 Å². The molecule has 0 radical (unpaired) electrons. The van der Waals surface area contributed by atoms with Gasteiger partial charge in [-0.1, -0.05) is 41.6 Å². The Hall–Kier alpha value is -4.38. The summed E-state index contributed by atoms with van der Waals surface area (Å²) in [6.07, 6.45) is -0.454. The van der Waals surface area contributed by atoms with Gasteiger partial charge in [0.1, 0.15) is 5.69 Å². The van der Waals surface area contributed by atoms with Crippen molar-refractivity contribution in [2.24, 2.45) is 0 Å². The van der Waals surface area contributed by atoms with E-state index in [4.69, 9.17) is 0 Å². The van der Waals surface area contributed by atoms with Crippen molar-refractivity contribution >= 4 is 0 Å². The van der Waals surface area contributed by atoms with E-state index in [1.807, 2.05) is 18.2 Å². The number of benzene rings is 3. The number of hydrogen-bond donors (Lipinski definition) is 2. The summed E-state index contributed by atoms with van der Waals surface area (Å²) in [6.45, 7) is 2.07. The van der Waals surface area contributed by atoms with E-state index in [1.165, 1.54) is 17.7 Å². The molecule has 0 bridgehead atoms. The molecular formula is C27H23F3N8. The number of hydrogen-bond acceptors (Lipinski definition) is 6. The van der Waals surface area contributed by atoms with Crippen molar-refractivity contribution in [1.29, 1.82) is 0 Å². The zero-order valence-electron chi connectivity index (χ0n) is 20.2. The van der Waals surface area contributed by atoms with Crippen molar-refractivity contribution < 1.29 is 13.2 Å². The van der Waals surface area contributed by atoms with Crippen molar-refractivity contribution in [2.45, 2.75) is 24.9 Å². The maximum atomic E-state index is 12.9. The van der Waals surface area contributed by atoms with Gasteiger partial charge in [0.05, 0.1) is 17.4 Å². The van der Waals surface area contributed by atoms with Crippen LogP contribution in [0, 0.1) is 0 Å². The fourth-order valence-electron chi connectivity index (χ4n) is 4.78. The van der Waals surface area contributed by atoms with Crippen LogP contribution >= 0.6 is 0 Å². The van der Waals surface area contributed by atoms with E-state index in [0.29, 0.717) is 28.7 Å². The van der Waals surface area contributed by atoms with Crippen LogP contribution in [-0.4, -0.2) is 48.7 Å². The summed E-state index contributed by atoms with van der Waals surface area (Å²) < 4.78 is 40.4. The lowest BCUT2D eigenvalue weighted by Gasteiger charge is -2.23. The highest BCUT2D eigenvalue weighted by atomic mass is 19.4. The molecule has 11 heteroatoms. The first-order chi connectivity index (χ1) is 18.4. The Kier molecular flexibility index (Phi) is 6.20. The molecule has 0 unspecified atom stereocenters. The van der Waals surface area contributed by atoms with Gasteiger partial charge in [0.15, 0.2) is 0 Å². The molecule has 192 valence electrons. The molecule has 1 saturated heterocycles. The molecular weight excluding hydrogens is 493 g/mol. The van der Waals surface area contributed by atoms with E-state index in [1.54, 1.807) is 10.9 Å². The molecule has 3 aromatic carbocycles. The minimum Gasteiger partial charge on any atom is -0.317 e. The second-order valence-electron chi connectivity index (χ2n) is 9.27. The summed E-state index contributed by atoms with van der Waals surface area (Å²) in [6, 6.07) is 19.3. The number of alkyl halides is 3. The third-order valence-electron chi connectivity index (χ3n) is 6.84. The molecule has 1 aliphatic heterocycles. The Labute approximate surface area is 215 Å². The SMILES string of the molecule is FC(F)(F)c1ccc(-c2cn(-c3cc(-c4ccc(C5CCNCC5)cc4)cc(-c4nn[nH]n4)c3)nn2)cc1. The second kappa shape index (κ2) is 9.82.